The van der Waals surface area contributed by atoms with Crippen molar-refractivity contribution < 1.29 is 13.2 Å². The third-order valence-corrected chi connectivity index (χ3v) is 1.84. The SMILES string of the molecule is C=C(/C=C\C(=C/C)C(C)C)C(F)(F)F.CC. The summed E-state index contributed by atoms with van der Waals surface area (Å²) >= 11 is 0. The summed E-state index contributed by atoms with van der Waals surface area (Å²) in [6.07, 6.45) is -0.0625. The summed E-state index contributed by atoms with van der Waals surface area (Å²) in [4.78, 5) is 0. The molecule has 94 valence electrons. The molecule has 0 spiro atoms. The minimum atomic E-state index is -4.33. The molecule has 0 rings (SSSR count). The minimum Gasteiger partial charge on any atom is -0.166 e. The Labute approximate surface area is 96.6 Å². The van der Waals surface area contributed by atoms with Gasteiger partial charge in [-0.2, -0.15) is 13.2 Å². The third-order valence-electron chi connectivity index (χ3n) is 1.84. The predicted octanol–water partition coefficient (Wildman–Crippen LogP) is 5.29. The van der Waals surface area contributed by atoms with Crippen molar-refractivity contribution in [3.63, 3.8) is 0 Å². The van der Waals surface area contributed by atoms with Crippen LogP contribution in [-0.4, -0.2) is 6.18 Å². The lowest BCUT2D eigenvalue weighted by Crippen LogP contribution is -2.08. The van der Waals surface area contributed by atoms with Crippen molar-refractivity contribution in [3.8, 4) is 0 Å². The van der Waals surface area contributed by atoms with E-state index >= 15 is 0 Å². The van der Waals surface area contributed by atoms with E-state index in [4.69, 9.17) is 0 Å². The van der Waals surface area contributed by atoms with Crippen molar-refractivity contribution in [2.75, 3.05) is 0 Å². The van der Waals surface area contributed by atoms with Gasteiger partial charge >= 0.3 is 6.18 Å². The van der Waals surface area contributed by atoms with E-state index in [1.54, 1.807) is 13.0 Å². The molecule has 0 N–H and O–H groups in total. The molecule has 3 heteroatoms. The van der Waals surface area contributed by atoms with Crippen LogP contribution in [0.5, 0.6) is 0 Å². The zero-order valence-electron chi connectivity index (χ0n) is 10.7. The van der Waals surface area contributed by atoms with Gasteiger partial charge in [0.25, 0.3) is 0 Å². The molecule has 0 atom stereocenters. The van der Waals surface area contributed by atoms with Crippen LogP contribution in [0.25, 0.3) is 0 Å². The molecule has 0 saturated carbocycles. The minimum absolute atomic E-state index is 0.220. The quantitative estimate of drug-likeness (QED) is 0.582. The van der Waals surface area contributed by atoms with Crippen LogP contribution >= 0.6 is 0 Å². The number of rotatable bonds is 3. The average Bonchev–Trinajstić information content (AvgIpc) is 2.19. The maximum absolute atomic E-state index is 12.0. The Morgan fingerprint density at radius 2 is 1.56 bits per heavy atom. The van der Waals surface area contributed by atoms with Gasteiger partial charge in [0.1, 0.15) is 0 Å². The maximum atomic E-state index is 12.0. The van der Waals surface area contributed by atoms with Gasteiger partial charge in [0.05, 0.1) is 0 Å². The summed E-state index contributed by atoms with van der Waals surface area (Å²) in [6, 6.07) is 0. The highest BCUT2D eigenvalue weighted by molar-refractivity contribution is 5.29. The number of halogens is 3. The largest absolute Gasteiger partial charge is 0.415 e. The first-order chi connectivity index (χ1) is 7.29. The molecule has 0 unspecified atom stereocenters. The molecular weight excluding hydrogens is 213 g/mol. The Bertz CT molecular complexity index is 255. The van der Waals surface area contributed by atoms with Gasteiger partial charge in [-0.15, -0.1) is 0 Å². The predicted molar refractivity (Wildman–Crippen MR) is 64.3 cm³/mol. The van der Waals surface area contributed by atoms with E-state index in [2.05, 4.69) is 6.58 Å². The van der Waals surface area contributed by atoms with Crippen molar-refractivity contribution in [2.45, 2.75) is 40.8 Å². The van der Waals surface area contributed by atoms with Gasteiger partial charge in [-0.25, -0.2) is 0 Å². The first-order valence-corrected chi connectivity index (χ1v) is 5.39. The van der Waals surface area contributed by atoms with Crippen LogP contribution in [0, 0.1) is 5.92 Å². The Balaban J connectivity index is 0. The van der Waals surface area contributed by atoms with Crippen molar-refractivity contribution in [3.05, 3.63) is 36.0 Å². The lowest BCUT2D eigenvalue weighted by atomic mass is 10.0. The molecule has 0 fully saturated rings. The van der Waals surface area contributed by atoms with Crippen LogP contribution in [0.3, 0.4) is 0 Å². The normalized spacial score (nSPS) is 12.7. The van der Waals surface area contributed by atoms with E-state index < -0.39 is 11.7 Å². The van der Waals surface area contributed by atoms with Crippen LogP contribution in [0.1, 0.15) is 34.6 Å². The molecule has 0 saturated heterocycles. The highest BCUT2D eigenvalue weighted by Crippen LogP contribution is 2.25. The maximum Gasteiger partial charge on any atom is 0.415 e. The first-order valence-electron chi connectivity index (χ1n) is 5.39. The van der Waals surface area contributed by atoms with Gasteiger partial charge < -0.3 is 0 Å². The molecule has 0 aromatic rings. The second kappa shape index (κ2) is 8.20. The Hall–Kier alpha value is -0.990. The molecule has 0 aliphatic carbocycles. The van der Waals surface area contributed by atoms with E-state index in [0.717, 1.165) is 11.6 Å². The second-order valence-corrected chi connectivity index (χ2v) is 3.30. The summed E-state index contributed by atoms with van der Waals surface area (Å²) in [5.74, 6) is 0.220. The van der Waals surface area contributed by atoms with Crippen LogP contribution in [0.4, 0.5) is 13.2 Å². The average molecular weight is 234 g/mol. The zero-order chi connectivity index (χ0) is 13.4. The highest BCUT2D eigenvalue weighted by Gasteiger charge is 2.29. The van der Waals surface area contributed by atoms with Crippen molar-refractivity contribution in [1.29, 1.82) is 0 Å². The molecule has 0 aromatic carbocycles. The molecule has 0 aromatic heterocycles. The summed E-state index contributed by atoms with van der Waals surface area (Å²) in [5, 5.41) is 0. The summed E-state index contributed by atoms with van der Waals surface area (Å²) in [7, 11) is 0. The van der Waals surface area contributed by atoms with Gasteiger partial charge in [0, 0.05) is 5.57 Å². The van der Waals surface area contributed by atoms with Gasteiger partial charge in [-0.05, 0) is 18.4 Å². The molecular formula is C13H21F3. The summed E-state index contributed by atoms with van der Waals surface area (Å²) in [6.45, 7) is 12.6. The molecule has 0 bridgehead atoms. The van der Waals surface area contributed by atoms with Crippen LogP contribution in [-0.2, 0) is 0 Å². The summed E-state index contributed by atoms with van der Waals surface area (Å²) < 4.78 is 36.1. The fraction of sp³-hybridized carbons (Fsp3) is 0.538. The molecule has 0 aliphatic rings. The number of allylic oxidation sites excluding steroid dienone is 5. The van der Waals surface area contributed by atoms with Crippen molar-refractivity contribution in [1.82, 2.24) is 0 Å². The summed E-state index contributed by atoms with van der Waals surface area (Å²) in [5.41, 5.74) is 0.0490. The monoisotopic (exact) mass is 234 g/mol. The zero-order valence-corrected chi connectivity index (χ0v) is 10.7. The van der Waals surface area contributed by atoms with E-state index in [1.807, 2.05) is 27.7 Å². The van der Waals surface area contributed by atoms with E-state index in [-0.39, 0.29) is 5.92 Å². The van der Waals surface area contributed by atoms with E-state index in [1.165, 1.54) is 6.08 Å². The third kappa shape index (κ3) is 7.32. The van der Waals surface area contributed by atoms with Crippen molar-refractivity contribution >= 4 is 0 Å². The molecule has 0 amide bonds. The fourth-order valence-corrected chi connectivity index (χ4v) is 0.913. The van der Waals surface area contributed by atoms with Crippen molar-refractivity contribution in [2.24, 2.45) is 5.92 Å². The second-order valence-electron chi connectivity index (χ2n) is 3.30. The molecule has 16 heavy (non-hydrogen) atoms. The van der Waals surface area contributed by atoms with Crippen LogP contribution in [0.2, 0.25) is 0 Å². The standard InChI is InChI=1S/C11H15F3.C2H6/c1-5-10(8(2)3)7-6-9(4)11(12,13)14;1-2/h5-8H,4H2,1-3H3;1-2H3/b7-6-,10-5+;. The smallest absolute Gasteiger partial charge is 0.166 e. The van der Waals surface area contributed by atoms with E-state index in [9.17, 15) is 13.2 Å². The van der Waals surface area contributed by atoms with Gasteiger partial charge in [0.15, 0.2) is 0 Å². The first kappa shape index (κ1) is 17.4. The molecule has 0 radical (unpaired) electrons. The van der Waals surface area contributed by atoms with Crippen LogP contribution < -0.4 is 0 Å². The van der Waals surface area contributed by atoms with Crippen LogP contribution in [0.15, 0.2) is 36.0 Å². The lowest BCUT2D eigenvalue weighted by molar-refractivity contribution is -0.0878. The highest BCUT2D eigenvalue weighted by atomic mass is 19.4. The Kier molecular flexibility index (Phi) is 8.92. The molecule has 0 heterocycles. The molecule has 0 aliphatic heterocycles. The lowest BCUT2D eigenvalue weighted by Gasteiger charge is -2.07. The fourth-order valence-electron chi connectivity index (χ4n) is 0.913. The van der Waals surface area contributed by atoms with E-state index in [0.29, 0.717) is 0 Å². The molecule has 0 nitrogen and oxygen atoms in total. The number of hydrogen-bond acceptors (Lipinski definition) is 0. The Morgan fingerprint density at radius 3 is 1.81 bits per heavy atom. The number of alkyl halides is 3. The van der Waals surface area contributed by atoms with Gasteiger partial charge in [0.2, 0.25) is 0 Å². The van der Waals surface area contributed by atoms with Gasteiger partial charge in [-0.3, -0.25) is 0 Å². The Morgan fingerprint density at radius 1 is 1.12 bits per heavy atom. The number of hydrogen-bond donors (Lipinski definition) is 0. The topological polar surface area (TPSA) is 0 Å². The van der Waals surface area contributed by atoms with Gasteiger partial charge in [-0.1, -0.05) is 52.5 Å².